The molecule has 0 fully saturated rings. The predicted molar refractivity (Wildman–Crippen MR) is 107 cm³/mol. The molecule has 2 aromatic carbocycles. The Morgan fingerprint density at radius 2 is 1.74 bits per heavy atom. The van der Waals surface area contributed by atoms with Gasteiger partial charge in [-0.15, -0.1) is 0 Å². The number of benzene rings is 2. The molecule has 138 valence electrons. The van der Waals surface area contributed by atoms with Gasteiger partial charge in [-0.2, -0.15) is 5.10 Å². The van der Waals surface area contributed by atoms with Crippen LogP contribution in [0, 0.1) is 0 Å². The number of amides is 2. The van der Waals surface area contributed by atoms with Crippen molar-refractivity contribution in [3.63, 3.8) is 0 Å². The van der Waals surface area contributed by atoms with Crippen molar-refractivity contribution in [3.8, 4) is 0 Å². The Morgan fingerprint density at radius 1 is 1.07 bits per heavy atom. The average molecular weight is 384 g/mol. The maximum atomic E-state index is 12.4. The first kappa shape index (κ1) is 19.9. The minimum atomic E-state index is -0.490. The molecule has 0 saturated carbocycles. The smallest absolute Gasteiger partial charge is 0.273 e. The molecular formula is C20H18ClN3O3. The Labute approximate surface area is 162 Å². The van der Waals surface area contributed by atoms with Gasteiger partial charge in [0, 0.05) is 0 Å². The van der Waals surface area contributed by atoms with E-state index in [1.165, 1.54) is 12.5 Å². The highest BCUT2D eigenvalue weighted by Crippen LogP contribution is 2.19. The van der Waals surface area contributed by atoms with E-state index >= 15 is 0 Å². The number of halogens is 1. The molecule has 0 spiro atoms. The van der Waals surface area contributed by atoms with Gasteiger partial charge in [0.25, 0.3) is 11.8 Å². The Bertz CT molecular complexity index is 907. The molecule has 0 saturated heterocycles. The number of ether oxygens (including phenoxy) is 1. The number of nitrogens with one attached hydrogen (secondary N) is 2. The molecular weight excluding hydrogens is 366 g/mol. The first-order valence-corrected chi connectivity index (χ1v) is 8.36. The largest absolute Gasteiger partial charge is 0.464 e. The molecule has 0 heterocycles. The van der Waals surface area contributed by atoms with Gasteiger partial charge in [0.05, 0.1) is 34.3 Å². The summed E-state index contributed by atoms with van der Waals surface area (Å²) in [5, 5.41) is 6.85. The molecule has 2 aromatic rings. The van der Waals surface area contributed by atoms with Gasteiger partial charge in [0.2, 0.25) is 0 Å². The molecule has 0 aliphatic carbocycles. The van der Waals surface area contributed by atoms with Crippen molar-refractivity contribution in [2.24, 2.45) is 5.10 Å². The Kier molecular flexibility index (Phi) is 7.34. The number of rotatable bonds is 7. The van der Waals surface area contributed by atoms with E-state index in [1.54, 1.807) is 61.5 Å². The summed E-state index contributed by atoms with van der Waals surface area (Å²) in [4.78, 5) is 24.8. The number of allylic oxidation sites excluding steroid dienone is 2. The number of para-hydroxylation sites is 1. The van der Waals surface area contributed by atoms with Gasteiger partial charge in [-0.1, -0.05) is 42.4 Å². The van der Waals surface area contributed by atoms with Crippen molar-refractivity contribution >= 4 is 35.3 Å². The molecule has 0 aliphatic rings. The normalized spacial score (nSPS) is 11.1. The number of carbonyl (C=O) groups is 2. The zero-order valence-electron chi connectivity index (χ0n) is 14.6. The minimum absolute atomic E-state index is 0.252. The summed E-state index contributed by atoms with van der Waals surface area (Å²) in [6.45, 7) is 5.20. The van der Waals surface area contributed by atoms with E-state index in [2.05, 4.69) is 22.4 Å². The lowest BCUT2D eigenvalue weighted by atomic mass is 10.1. The third-order valence-corrected chi connectivity index (χ3v) is 3.73. The number of hydrogen-bond donors (Lipinski definition) is 2. The van der Waals surface area contributed by atoms with Crippen molar-refractivity contribution in [2.45, 2.75) is 6.92 Å². The fourth-order valence-corrected chi connectivity index (χ4v) is 2.33. The average Bonchev–Trinajstić information content (AvgIpc) is 2.67. The second kappa shape index (κ2) is 9.94. The number of nitrogens with zero attached hydrogens (tertiary/aromatic N) is 1. The predicted octanol–water partition coefficient (Wildman–Crippen LogP) is 4.37. The summed E-state index contributed by atoms with van der Waals surface area (Å²) in [7, 11) is 0. The fourth-order valence-electron chi connectivity index (χ4n) is 2.11. The molecule has 2 amide bonds. The van der Waals surface area contributed by atoms with Crippen molar-refractivity contribution < 1.29 is 14.3 Å². The summed E-state index contributed by atoms with van der Waals surface area (Å²) < 4.78 is 5.07. The topological polar surface area (TPSA) is 79.8 Å². The van der Waals surface area contributed by atoms with Crippen LogP contribution in [0.4, 0.5) is 5.69 Å². The van der Waals surface area contributed by atoms with Crippen molar-refractivity contribution in [1.29, 1.82) is 0 Å². The van der Waals surface area contributed by atoms with Gasteiger partial charge >= 0.3 is 0 Å². The summed E-state index contributed by atoms with van der Waals surface area (Å²) in [6, 6.07) is 13.2. The quantitative estimate of drug-likeness (QED) is 0.423. The summed E-state index contributed by atoms with van der Waals surface area (Å²) in [6.07, 6.45) is 4.25. The molecule has 0 bridgehead atoms. The molecule has 27 heavy (non-hydrogen) atoms. The van der Waals surface area contributed by atoms with E-state index in [9.17, 15) is 9.59 Å². The SMILES string of the molecule is C=COC(=C\C)/C=N/NC(=O)c1ccccc1NC(=O)c1ccccc1Cl. The summed E-state index contributed by atoms with van der Waals surface area (Å²) >= 11 is 6.04. The first-order chi connectivity index (χ1) is 13.1. The van der Waals surface area contributed by atoms with Crippen LogP contribution >= 0.6 is 11.6 Å². The third kappa shape index (κ3) is 5.55. The van der Waals surface area contributed by atoms with E-state index in [4.69, 9.17) is 16.3 Å². The molecule has 0 radical (unpaired) electrons. The molecule has 2 rings (SSSR count). The number of hydrogen-bond acceptors (Lipinski definition) is 4. The van der Waals surface area contributed by atoms with Crippen LogP contribution in [0.1, 0.15) is 27.6 Å². The van der Waals surface area contributed by atoms with Gasteiger partial charge in [-0.3, -0.25) is 9.59 Å². The van der Waals surface area contributed by atoms with E-state index in [-0.39, 0.29) is 5.56 Å². The first-order valence-electron chi connectivity index (χ1n) is 7.99. The molecule has 2 N–H and O–H groups in total. The van der Waals surface area contributed by atoms with Crippen molar-refractivity contribution in [1.82, 2.24) is 5.43 Å². The van der Waals surface area contributed by atoms with Crippen LogP contribution in [0.25, 0.3) is 0 Å². The molecule has 0 aliphatic heterocycles. The standard InChI is InChI=1S/C20H18ClN3O3/c1-3-14(27-4-2)13-22-24-20(26)16-10-6-8-12-18(16)23-19(25)15-9-5-7-11-17(15)21/h3-13H,2H2,1H3,(H,23,25)(H,24,26)/b14-3-,22-13+. The van der Waals surface area contributed by atoms with Crippen LogP contribution < -0.4 is 10.7 Å². The van der Waals surface area contributed by atoms with E-state index < -0.39 is 11.8 Å². The molecule has 0 aromatic heterocycles. The second-order valence-electron chi connectivity index (χ2n) is 5.15. The maximum absolute atomic E-state index is 12.4. The van der Waals surface area contributed by atoms with Gasteiger partial charge < -0.3 is 10.1 Å². The van der Waals surface area contributed by atoms with E-state index in [1.807, 2.05) is 0 Å². The lowest BCUT2D eigenvalue weighted by Crippen LogP contribution is -2.21. The van der Waals surface area contributed by atoms with Crippen LogP contribution in [0.3, 0.4) is 0 Å². The Morgan fingerprint density at radius 3 is 2.41 bits per heavy atom. The number of hydrazone groups is 1. The molecule has 6 nitrogen and oxygen atoms in total. The van der Waals surface area contributed by atoms with Gasteiger partial charge in [0.15, 0.2) is 0 Å². The molecule has 7 heteroatoms. The van der Waals surface area contributed by atoms with E-state index in [0.717, 1.165) is 0 Å². The lowest BCUT2D eigenvalue weighted by Gasteiger charge is -2.10. The van der Waals surface area contributed by atoms with Gasteiger partial charge in [-0.25, -0.2) is 5.43 Å². The van der Waals surface area contributed by atoms with Crippen molar-refractivity contribution in [3.05, 3.63) is 89.4 Å². The molecule has 0 atom stereocenters. The lowest BCUT2D eigenvalue weighted by molar-refractivity contribution is 0.0956. The number of carbonyl (C=O) groups excluding carboxylic acids is 2. The number of anilines is 1. The second-order valence-corrected chi connectivity index (χ2v) is 5.56. The monoisotopic (exact) mass is 383 g/mol. The maximum Gasteiger partial charge on any atom is 0.273 e. The summed E-state index contributed by atoms with van der Waals surface area (Å²) in [5.74, 6) is -0.485. The summed E-state index contributed by atoms with van der Waals surface area (Å²) in [5.41, 5.74) is 3.29. The van der Waals surface area contributed by atoms with E-state index in [0.29, 0.717) is 22.0 Å². The van der Waals surface area contributed by atoms with Gasteiger partial charge in [-0.05, 0) is 37.3 Å². The van der Waals surface area contributed by atoms with Crippen LogP contribution in [-0.2, 0) is 4.74 Å². The Balaban J connectivity index is 2.14. The minimum Gasteiger partial charge on any atom is -0.464 e. The van der Waals surface area contributed by atoms with Crippen LogP contribution in [0.5, 0.6) is 0 Å². The highest BCUT2D eigenvalue weighted by atomic mass is 35.5. The van der Waals surface area contributed by atoms with Crippen molar-refractivity contribution in [2.75, 3.05) is 5.32 Å². The van der Waals surface area contributed by atoms with Crippen LogP contribution in [0.15, 0.2) is 78.3 Å². The third-order valence-electron chi connectivity index (χ3n) is 3.40. The van der Waals surface area contributed by atoms with Crippen LogP contribution in [0.2, 0.25) is 5.02 Å². The highest BCUT2D eigenvalue weighted by Gasteiger charge is 2.15. The zero-order valence-corrected chi connectivity index (χ0v) is 15.4. The molecule has 0 unspecified atom stereocenters. The van der Waals surface area contributed by atoms with Crippen LogP contribution in [-0.4, -0.2) is 18.0 Å². The fraction of sp³-hybridized carbons (Fsp3) is 0.0500. The van der Waals surface area contributed by atoms with Gasteiger partial charge in [0.1, 0.15) is 5.76 Å². The zero-order chi connectivity index (χ0) is 19.6. The Hall–Kier alpha value is -3.38. The highest BCUT2D eigenvalue weighted by molar-refractivity contribution is 6.34.